The van der Waals surface area contributed by atoms with Gasteiger partial charge in [0, 0.05) is 37.6 Å². The van der Waals surface area contributed by atoms with E-state index in [1.54, 1.807) is 17.0 Å². The van der Waals surface area contributed by atoms with Crippen LogP contribution in [-0.4, -0.2) is 37.0 Å². The van der Waals surface area contributed by atoms with Crippen molar-refractivity contribution < 1.29 is 9.18 Å². The van der Waals surface area contributed by atoms with Gasteiger partial charge in [-0.2, -0.15) is 0 Å². The first-order valence-electron chi connectivity index (χ1n) is 7.29. The summed E-state index contributed by atoms with van der Waals surface area (Å²) >= 11 is 0. The Morgan fingerprint density at radius 1 is 0.955 bits per heavy atom. The van der Waals surface area contributed by atoms with Crippen molar-refractivity contribution in [1.82, 2.24) is 4.90 Å². The van der Waals surface area contributed by atoms with Crippen LogP contribution in [0.3, 0.4) is 0 Å². The van der Waals surface area contributed by atoms with Crippen LogP contribution in [0.1, 0.15) is 10.4 Å². The van der Waals surface area contributed by atoms with Crippen molar-refractivity contribution in [2.24, 2.45) is 0 Å². The number of carbonyl (C=O) groups is 1. The summed E-state index contributed by atoms with van der Waals surface area (Å²) in [5.74, 6) is -0.705. The number of nitrogens with two attached hydrogens (primary N) is 1. The molecule has 0 atom stereocenters. The van der Waals surface area contributed by atoms with Crippen LogP contribution in [0.25, 0.3) is 0 Å². The van der Waals surface area contributed by atoms with Crippen molar-refractivity contribution in [2.45, 2.75) is 0 Å². The molecule has 0 saturated carbocycles. The normalized spacial score (nSPS) is 15.0. The predicted octanol–water partition coefficient (Wildman–Crippen LogP) is 2.37. The van der Waals surface area contributed by atoms with E-state index in [4.69, 9.17) is 5.73 Å². The first-order valence-corrected chi connectivity index (χ1v) is 7.29. The highest BCUT2D eigenvalue weighted by Crippen LogP contribution is 2.19. The Morgan fingerprint density at radius 2 is 1.59 bits per heavy atom. The molecule has 0 aromatic heterocycles. The van der Waals surface area contributed by atoms with Crippen LogP contribution in [-0.2, 0) is 0 Å². The molecule has 5 heteroatoms. The lowest BCUT2D eigenvalue weighted by molar-refractivity contribution is 0.0742. The summed E-state index contributed by atoms with van der Waals surface area (Å²) in [6.45, 7) is 2.61. The maximum atomic E-state index is 13.7. The number of halogens is 1. The van der Waals surface area contributed by atoms with Crippen LogP contribution in [0.5, 0.6) is 0 Å². The van der Waals surface area contributed by atoms with Crippen LogP contribution >= 0.6 is 0 Å². The Morgan fingerprint density at radius 3 is 2.23 bits per heavy atom. The quantitative estimate of drug-likeness (QED) is 0.866. The van der Waals surface area contributed by atoms with Gasteiger partial charge in [-0.15, -0.1) is 0 Å². The van der Waals surface area contributed by atoms with Gasteiger partial charge >= 0.3 is 0 Å². The third kappa shape index (κ3) is 2.88. The van der Waals surface area contributed by atoms with E-state index in [9.17, 15) is 9.18 Å². The maximum Gasteiger partial charge on any atom is 0.256 e. The smallest absolute Gasteiger partial charge is 0.256 e. The van der Waals surface area contributed by atoms with Crippen LogP contribution in [0, 0.1) is 5.82 Å². The lowest BCUT2D eigenvalue weighted by atomic mass is 10.1. The average Bonchev–Trinajstić information content (AvgIpc) is 2.56. The number of amides is 1. The molecule has 0 radical (unpaired) electrons. The Balaban J connectivity index is 1.65. The highest BCUT2D eigenvalue weighted by Gasteiger charge is 2.23. The van der Waals surface area contributed by atoms with Crippen molar-refractivity contribution in [2.75, 3.05) is 36.8 Å². The fraction of sp³-hybridized carbons (Fsp3) is 0.235. The summed E-state index contributed by atoms with van der Waals surface area (Å²) in [5.41, 5.74) is 7.66. The number of nitrogens with zero attached hydrogens (tertiary/aromatic N) is 2. The minimum Gasteiger partial charge on any atom is -0.399 e. The second-order valence-corrected chi connectivity index (χ2v) is 5.35. The summed E-state index contributed by atoms with van der Waals surface area (Å²) in [7, 11) is 0. The summed E-state index contributed by atoms with van der Waals surface area (Å²) in [6.07, 6.45) is 0. The molecule has 2 N–H and O–H groups in total. The number of anilines is 2. The monoisotopic (exact) mass is 299 g/mol. The zero-order valence-electron chi connectivity index (χ0n) is 12.2. The molecule has 0 aliphatic carbocycles. The first-order chi connectivity index (χ1) is 10.6. The van der Waals surface area contributed by atoms with Crippen LogP contribution < -0.4 is 10.6 Å². The van der Waals surface area contributed by atoms with E-state index in [-0.39, 0.29) is 11.5 Å². The molecule has 0 spiro atoms. The Bertz CT molecular complexity index is 664. The SMILES string of the molecule is Nc1ccc(N2CCN(C(=O)c3ccccc3F)CC2)cc1. The molecule has 1 aliphatic rings. The fourth-order valence-electron chi connectivity index (χ4n) is 2.66. The Kier molecular flexibility index (Phi) is 3.96. The van der Waals surface area contributed by atoms with E-state index in [0.717, 1.165) is 24.5 Å². The molecule has 0 unspecified atom stereocenters. The first kappa shape index (κ1) is 14.4. The molecule has 0 bridgehead atoms. The van der Waals surface area contributed by atoms with E-state index >= 15 is 0 Å². The summed E-state index contributed by atoms with van der Waals surface area (Å²) in [4.78, 5) is 16.3. The molecule has 22 heavy (non-hydrogen) atoms. The van der Waals surface area contributed by atoms with Crippen LogP contribution in [0.4, 0.5) is 15.8 Å². The van der Waals surface area contributed by atoms with E-state index in [1.807, 2.05) is 24.3 Å². The van der Waals surface area contributed by atoms with Crippen LogP contribution in [0.2, 0.25) is 0 Å². The molecule has 2 aromatic rings. The molecular formula is C17H18FN3O. The number of hydrogen-bond donors (Lipinski definition) is 1. The van der Waals surface area contributed by atoms with E-state index < -0.39 is 5.82 Å². The van der Waals surface area contributed by atoms with Gasteiger partial charge in [0.15, 0.2) is 0 Å². The highest BCUT2D eigenvalue weighted by molar-refractivity contribution is 5.94. The van der Waals surface area contributed by atoms with Gasteiger partial charge in [-0.05, 0) is 36.4 Å². The average molecular weight is 299 g/mol. The molecule has 4 nitrogen and oxygen atoms in total. The zero-order chi connectivity index (χ0) is 15.5. The van der Waals surface area contributed by atoms with Gasteiger partial charge in [-0.3, -0.25) is 4.79 Å². The molecule has 1 aliphatic heterocycles. The molecule has 1 fully saturated rings. The Labute approximate surface area is 128 Å². The third-order valence-corrected chi connectivity index (χ3v) is 3.93. The van der Waals surface area contributed by atoms with Crippen molar-refractivity contribution in [3.8, 4) is 0 Å². The van der Waals surface area contributed by atoms with E-state index in [2.05, 4.69) is 4.90 Å². The van der Waals surface area contributed by atoms with E-state index in [0.29, 0.717) is 13.1 Å². The number of rotatable bonds is 2. The molecule has 2 aromatic carbocycles. The second-order valence-electron chi connectivity index (χ2n) is 5.35. The van der Waals surface area contributed by atoms with Gasteiger partial charge in [-0.25, -0.2) is 4.39 Å². The van der Waals surface area contributed by atoms with Crippen LogP contribution in [0.15, 0.2) is 48.5 Å². The molecule has 1 heterocycles. The maximum absolute atomic E-state index is 13.7. The van der Waals surface area contributed by atoms with E-state index in [1.165, 1.54) is 12.1 Å². The fourth-order valence-corrected chi connectivity index (χ4v) is 2.66. The van der Waals surface area contributed by atoms with Gasteiger partial charge in [0.1, 0.15) is 5.82 Å². The zero-order valence-corrected chi connectivity index (χ0v) is 12.2. The molecular weight excluding hydrogens is 281 g/mol. The van der Waals surface area contributed by atoms with Gasteiger partial charge in [0.2, 0.25) is 0 Å². The lowest BCUT2D eigenvalue weighted by Gasteiger charge is -2.36. The lowest BCUT2D eigenvalue weighted by Crippen LogP contribution is -2.49. The van der Waals surface area contributed by atoms with Crippen molar-refractivity contribution in [1.29, 1.82) is 0 Å². The largest absolute Gasteiger partial charge is 0.399 e. The molecule has 1 amide bonds. The summed E-state index contributed by atoms with van der Waals surface area (Å²) in [5, 5.41) is 0. The summed E-state index contributed by atoms with van der Waals surface area (Å²) in [6, 6.07) is 13.8. The van der Waals surface area contributed by atoms with Gasteiger partial charge < -0.3 is 15.5 Å². The number of benzene rings is 2. The van der Waals surface area contributed by atoms with Crippen molar-refractivity contribution >= 4 is 17.3 Å². The second kappa shape index (κ2) is 6.05. The van der Waals surface area contributed by atoms with Crippen molar-refractivity contribution in [3.05, 3.63) is 59.9 Å². The van der Waals surface area contributed by atoms with Gasteiger partial charge in [0.25, 0.3) is 5.91 Å². The van der Waals surface area contributed by atoms with Gasteiger partial charge in [-0.1, -0.05) is 12.1 Å². The summed E-state index contributed by atoms with van der Waals surface area (Å²) < 4.78 is 13.7. The molecule has 114 valence electrons. The highest BCUT2D eigenvalue weighted by atomic mass is 19.1. The standard InChI is InChI=1S/C17H18FN3O/c18-16-4-2-1-3-15(16)17(22)21-11-9-20(10-12-21)14-7-5-13(19)6-8-14/h1-8H,9-12,19H2. The van der Waals surface area contributed by atoms with Gasteiger partial charge in [0.05, 0.1) is 5.56 Å². The molecule has 1 saturated heterocycles. The number of nitrogen functional groups attached to an aromatic ring is 1. The van der Waals surface area contributed by atoms with Crippen molar-refractivity contribution in [3.63, 3.8) is 0 Å². The minimum absolute atomic E-state index is 0.142. The molecule has 3 rings (SSSR count). The third-order valence-electron chi connectivity index (χ3n) is 3.93. The Hall–Kier alpha value is -2.56. The number of piperazine rings is 1. The predicted molar refractivity (Wildman–Crippen MR) is 85.4 cm³/mol. The topological polar surface area (TPSA) is 49.6 Å². The number of hydrogen-bond acceptors (Lipinski definition) is 3. The number of carbonyl (C=O) groups excluding carboxylic acids is 1. The minimum atomic E-state index is -0.464.